The first-order valence-corrected chi connectivity index (χ1v) is 6.59. The molecule has 2 aromatic rings. The molecule has 1 atom stereocenters. The number of benzene rings is 1. The number of anilines is 2. The SMILES string of the molecule is Cc1nn(C)c(NC(C)c2ccc(Br)cc2)c1N. The van der Waals surface area contributed by atoms with E-state index in [2.05, 4.69) is 45.4 Å². The molecule has 0 saturated carbocycles. The summed E-state index contributed by atoms with van der Waals surface area (Å²) in [5, 5.41) is 7.69. The Balaban J connectivity index is 2.21. The summed E-state index contributed by atoms with van der Waals surface area (Å²) in [6.45, 7) is 4.01. The molecule has 2 rings (SSSR count). The second kappa shape index (κ2) is 5.02. The van der Waals surface area contributed by atoms with E-state index in [1.807, 2.05) is 26.1 Å². The minimum Gasteiger partial charge on any atom is -0.394 e. The van der Waals surface area contributed by atoms with Gasteiger partial charge >= 0.3 is 0 Å². The molecule has 4 nitrogen and oxygen atoms in total. The minimum absolute atomic E-state index is 0.176. The smallest absolute Gasteiger partial charge is 0.148 e. The maximum atomic E-state index is 6.00. The summed E-state index contributed by atoms with van der Waals surface area (Å²) < 4.78 is 2.86. The van der Waals surface area contributed by atoms with Gasteiger partial charge in [0.2, 0.25) is 0 Å². The van der Waals surface area contributed by atoms with Gasteiger partial charge in [-0.15, -0.1) is 0 Å². The number of halogens is 1. The van der Waals surface area contributed by atoms with Gasteiger partial charge in [0.1, 0.15) is 5.82 Å². The first-order valence-electron chi connectivity index (χ1n) is 5.80. The molecule has 5 heteroatoms. The standard InChI is InChI=1S/C13H17BrN4/c1-8(10-4-6-11(14)7-5-10)16-13-12(15)9(2)17-18(13)3/h4-8,16H,15H2,1-3H3. The average Bonchev–Trinajstić information content (AvgIpc) is 2.57. The highest BCUT2D eigenvalue weighted by atomic mass is 79.9. The molecule has 1 unspecified atom stereocenters. The Labute approximate surface area is 115 Å². The van der Waals surface area contributed by atoms with E-state index in [1.165, 1.54) is 5.56 Å². The Bertz CT molecular complexity index is 545. The van der Waals surface area contributed by atoms with E-state index in [1.54, 1.807) is 4.68 Å². The quantitative estimate of drug-likeness (QED) is 0.915. The summed E-state index contributed by atoms with van der Waals surface area (Å²) >= 11 is 3.43. The Morgan fingerprint density at radius 1 is 1.33 bits per heavy atom. The van der Waals surface area contributed by atoms with Crippen LogP contribution in [0, 0.1) is 6.92 Å². The highest BCUT2D eigenvalue weighted by Gasteiger charge is 2.13. The number of aryl methyl sites for hydroxylation is 2. The molecule has 0 aliphatic rings. The van der Waals surface area contributed by atoms with E-state index in [9.17, 15) is 0 Å². The molecule has 3 N–H and O–H groups in total. The van der Waals surface area contributed by atoms with Crippen LogP contribution in [0.1, 0.15) is 24.2 Å². The summed E-state index contributed by atoms with van der Waals surface area (Å²) in [5.74, 6) is 0.864. The predicted molar refractivity (Wildman–Crippen MR) is 78.5 cm³/mol. The molecule has 18 heavy (non-hydrogen) atoms. The average molecular weight is 309 g/mol. The molecule has 1 aromatic heterocycles. The second-order valence-corrected chi connectivity index (χ2v) is 5.30. The molecule has 0 radical (unpaired) electrons. The summed E-state index contributed by atoms with van der Waals surface area (Å²) in [6, 6.07) is 8.41. The molecule has 0 spiro atoms. The molecule has 0 amide bonds. The van der Waals surface area contributed by atoms with Crippen LogP contribution in [0.15, 0.2) is 28.7 Å². The third-order valence-electron chi connectivity index (χ3n) is 2.99. The highest BCUT2D eigenvalue weighted by molar-refractivity contribution is 9.10. The Morgan fingerprint density at radius 3 is 2.44 bits per heavy atom. The van der Waals surface area contributed by atoms with Crippen LogP contribution in [-0.2, 0) is 7.05 Å². The molecule has 0 aliphatic heterocycles. The van der Waals surface area contributed by atoms with Crippen LogP contribution in [0.3, 0.4) is 0 Å². The van der Waals surface area contributed by atoms with Crippen LogP contribution in [0.2, 0.25) is 0 Å². The lowest BCUT2D eigenvalue weighted by Crippen LogP contribution is -2.11. The molecule has 1 heterocycles. The monoisotopic (exact) mass is 308 g/mol. The first-order chi connectivity index (χ1) is 8.49. The van der Waals surface area contributed by atoms with Crippen LogP contribution in [0.25, 0.3) is 0 Å². The number of aromatic nitrogens is 2. The van der Waals surface area contributed by atoms with Crippen LogP contribution in [0.5, 0.6) is 0 Å². The van der Waals surface area contributed by atoms with Crippen molar-refractivity contribution in [1.29, 1.82) is 0 Å². The molecule has 96 valence electrons. The van der Waals surface area contributed by atoms with Gasteiger partial charge in [-0.05, 0) is 31.5 Å². The molecule has 0 fully saturated rings. The number of rotatable bonds is 3. The van der Waals surface area contributed by atoms with Crippen LogP contribution >= 0.6 is 15.9 Å². The van der Waals surface area contributed by atoms with Gasteiger partial charge in [-0.1, -0.05) is 28.1 Å². The van der Waals surface area contributed by atoms with Crippen LogP contribution in [-0.4, -0.2) is 9.78 Å². The number of hydrogen-bond acceptors (Lipinski definition) is 3. The molecular weight excluding hydrogens is 292 g/mol. The lowest BCUT2D eigenvalue weighted by atomic mass is 10.1. The zero-order valence-electron chi connectivity index (χ0n) is 10.7. The fraction of sp³-hybridized carbons (Fsp3) is 0.308. The predicted octanol–water partition coefficient (Wildman–Crippen LogP) is 3.25. The third kappa shape index (κ3) is 2.51. The fourth-order valence-corrected chi connectivity index (χ4v) is 2.15. The zero-order valence-corrected chi connectivity index (χ0v) is 12.3. The summed E-state index contributed by atoms with van der Waals surface area (Å²) in [4.78, 5) is 0. The van der Waals surface area contributed by atoms with Crippen molar-refractivity contribution in [3.05, 3.63) is 40.0 Å². The lowest BCUT2D eigenvalue weighted by Gasteiger charge is -2.16. The number of hydrogen-bond donors (Lipinski definition) is 2. The van der Waals surface area contributed by atoms with Crippen molar-refractivity contribution in [2.24, 2.45) is 7.05 Å². The summed E-state index contributed by atoms with van der Waals surface area (Å²) in [7, 11) is 1.89. The zero-order chi connectivity index (χ0) is 13.3. The third-order valence-corrected chi connectivity index (χ3v) is 3.52. The van der Waals surface area contributed by atoms with Crippen molar-refractivity contribution < 1.29 is 0 Å². The van der Waals surface area contributed by atoms with Gasteiger partial charge in [-0.3, -0.25) is 4.68 Å². The van der Waals surface area contributed by atoms with Gasteiger partial charge in [0.25, 0.3) is 0 Å². The van der Waals surface area contributed by atoms with Crippen molar-refractivity contribution in [2.45, 2.75) is 19.9 Å². The van der Waals surface area contributed by atoms with E-state index < -0.39 is 0 Å². The van der Waals surface area contributed by atoms with Gasteiger partial charge in [-0.25, -0.2) is 0 Å². The van der Waals surface area contributed by atoms with E-state index in [4.69, 9.17) is 5.73 Å². The molecule has 1 aromatic carbocycles. The normalized spacial score (nSPS) is 12.4. The van der Waals surface area contributed by atoms with Crippen molar-refractivity contribution in [1.82, 2.24) is 9.78 Å². The second-order valence-electron chi connectivity index (χ2n) is 4.39. The Hall–Kier alpha value is -1.49. The first kappa shape index (κ1) is 13.0. The van der Waals surface area contributed by atoms with Crippen LogP contribution in [0.4, 0.5) is 11.5 Å². The number of nitrogen functional groups attached to an aromatic ring is 1. The Morgan fingerprint density at radius 2 is 1.94 bits per heavy atom. The van der Waals surface area contributed by atoms with E-state index >= 15 is 0 Å². The highest BCUT2D eigenvalue weighted by Crippen LogP contribution is 2.26. The van der Waals surface area contributed by atoms with Crippen LogP contribution < -0.4 is 11.1 Å². The number of nitrogens with zero attached hydrogens (tertiary/aromatic N) is 2. The number of nitrogens with one attached hydrogen (secondary N) is 1. The maximum absolute atomic E-state index is 6.00. The fourth-order valence-electron chi connectivity index (χ4n) is 1.89. The number of nitrogens with two attached hydrogens (primary N) is 1. The van der Waals surface area contributed by atoms with Gasteiger partial charge in [-0.2, -0.15) is 5.10 Å². The van der Waals surface area contributed by atoms with Gasteiger partial charge < -0.3 is 11.1 Å². The van der Waals surface area contributed by atoms with Gasteiger partial charge in [0.05, 0.1) is 17.4 Å². The summed E-state index contributed by atoms with van der Waals surface area (Å²) in [6.07, 6.45) is 0. The lowest BCUT2D eigenvalue weighted by molar-refractivity contribution is 0.742. The van der Waals surface area contributed by atoms with Crippen molar-refractivity contribution in [3.63, 3.8) is 0 Å². The molecular formula is C13H17BrN4. The van der Waals surface area contributed by atoms with Gasteiger partial charge in [0, 0.05) is 11.5 Å². The van der Waals surface area contributed by atoms with Gasteiger partial charge in [0.15, 0.2) is 0 Å². The molecule has 0 bridgehead atoms. The minimum atomic E-state index is 0.176. The molecule has 0 aliphatic carbocycles. The maximum Gasteiger partial charge on any atom is 0.148 e. The Kier molecular flexibility index (Phi) is 3.61. The van der Waals surface area contributed by atoms with E-state index in [0.717, 1.165) is 16.0 Å². The van der Waals surface area contributed by atoms with E-state index in [-0.39, 0.29) is 6.04 Å². The largest absolute Gasteiger partial charge is 0.394 e. The van der Waals surface area contributed by atoms with Crippen molar-refractivity contribution in [3.8, 4) is 0 Å². The van der Waals surface area contributed by atoms with E-state index in [0.29, 0.717) is 5.69 Å². The van der Waals surface area contributed by atoms with Crippen molar-refractivity contribution in [2.75, 3.05) is 11.1 Å². The summed E-state index contributed by atoms with van der Waals surface area (Å²) in [5.41, 5.74) is 8.77. The molecule has 0 saturated heterocycles. The van der Waals surface area contributed by atoms with Crippen molar-refractivity contribution >= 4 is 27.4 Å². The topological polar surface area (TPSA) is 55.9 Å².